The summed E-state index contributed by atoms with van der Waals surface area (Å²) in [6, 6.07) is 10.0. The first kappa shape index (κ1) is 20.2. The van der Waals surface area contributed by atoms with Crippen molar-refractivity contribution in [2.75, 3.05) is 0 Å². The quantitative estimate of drug-likeness (QED) is 0.684. The first-order valence-corrected chi connectivity index (χ1v) is 10.2. The summed E-state index contributed by atoms with van der Waals surface area (Å²) in [6.07, 6.45) is 3.18. The van der Waals surface area contributed by atoms with Gasteiger partial charge in [-0.3, -0.25) is 0 Å². The first-order chi connectivity index (χ1) is 12.7. The minimum absolute atomic E-state index is 0.183. The van der Waals surface area contributed by atoms with E-state index in [0.717, 1.165) is 11.5 Å². The van der Waals surface area contributed by atoms with E-state index < -0.39 is 18.3 Å². The van der Waals surface area contributed by atoms with Gasteiger partial charge in [-0.25, -0.2) is 4.79 Å². The van der Waals surface area contributed by atoms with E-state index in [1.807, 2.05) is 30.3 Å². The predicted molar refractivity (Wildman–Crippen MR) is 106 cm³/mol. The SMILES string of the molecule is CC(C)(C)C(N[C@H]1CC2CCC1C2)[C@@H](O)[C@H](Cc1ccccc1)OC(N)=O. The molecule has 5 heteroatoms. The van der Waals surface area contributed by atoms with Gasteiger partial charge in [-0.2, -0.15) is 0 Å². The monoisotopic (exact) mass is 374 g/mol. The van der Waals surface area contributed by atoms with Crippen LogP contribution in [0.15, 0.2) is 30.3 Å². The summed E-state index contributed by atoms with van der Waals surface area (Å²) in [5, 5.41) is 15.0. The highest BCUT2D eigenvalue weighted by Gasteiger charge is 2.44. The van der Waals surface area contributed by atoms with Crippen molar-refractivity contribution in [2.45, 2.75) is 77.2 Å². The number of benzene rings is 1. The second-order valence-corrected chi connectivity index (χ2v) is 9.45. The van der Waals surface area contributed by atoms with E-state index in [2.05, 4.69) is 26.1 Å². The molecule has 1 aromatic carbocycles. The molecule has 3 rings (SSSR count). The van der Waals surface area contributed by atoms with Gasteiger partial charge in [-0.15, -0.1) is 0 Å². The Labute approximate surface area is 162 Å². The molecule has 6 atom stereocenters. The molecule has 27 heavy (non-hydrogen) atoms. The molecule has 4 N–H and O–H groups in total. The lowest BCUT2D eigenvalue weighted by atomic mass is 9.79. The van der Waals surface area contributed by atoms with Gasteiger partial charge < -0.3 is 20.9 Å². The predicted octanol–water partition coefficient (Wildman–Crippen LogP) is 3.25. The summed E-state index contributed by atoms with van der Waals surface area (Å²) in [4.78, 5) is 11.5. The number of amides is 1. The molecule has 2 aliphatic rings. The van der Waals surface area contributed by atoms with Crippen LogP contribution in [0.25, 0.3) is 0 Å². The molecule has 0 aliphatic heterocycles. The normalized spacial score (nSPS) is 27.9. The standard InChI is InChI=1S/C22H34N2O3/c1-22(2,3)20(24-17-12-15-9-10-16(17)11-15)19(25)18(27-21(23)26)13-14-7-5-4-6-8-14/h4-8,15-20,24-25H,9-13H2,1-3H3,(H2,23,26)/t15?,16?,17-,18-,19-,20?/m0/s1. The fraction of sp³-hybridized carbons (Fsp3) is 0.682. The molecule has 2 bridgehead atoms. The highest BCUT2D eigenvalue weighted by Crippen LogP contribution is 2.45. The number of rotatable bonds is 7. The number of fused-ring (bicyclic) bond motifs is 2. The van der Waals surface area contributed by atoms with Crippen molar-refractivity contribution in [3.8, 4) is 0 Å². The van der Waals surface area contributed by atoms with Gasteiger partial charge in [0, 0.05) is 18.5 Å². The van der Waals surface area contributed by atoms with E-state index in [-0.39, 0.29) is 11.5 Å². The Morgan fingerprint density at radius 3 is 2.48 bits per heavy atom. The van der Waals surface area contributed by atoms with Gasteiger partial charge in [-0.05, 0) is 42.1 Å². The fourth-order valence-corrected chi connectivity index (χ4v) is 4.98. The molecule has 150 valence electrons. The molecule has 2 aliphatic carbocycles. The molecule has 0 radical (unpaired) electrons. The zero-order chi connectivity index (χ0) is 19.6. The maximum Gasteiger partial charge on any atom is 0.404 e. The van der Waals surface area contributed by atoms with Crippen LogP contribution in [0.5, 0.6) is 0 Å². The highest BCUT2D eigenvalue weighted by molar-refractivity contribution is 5.64. The zero-order valence-electron chi connectivity index (χ0n) is 16.7. The van der Waals surface area contributed by atoms with Crippen LogP contribution >= 0.6 is 0 Å². The molecule has 0 saturated heterocycles. The number of hydrogen-bond acceptors (Lipinski definition) is 4. The van der Waals surface area contributed by atoms with E-state index in [1.165, 1.54) is 25.7 Å². The zero-order valence-corrected chi connectivity index (χ0v) is 16.7. The lowest BCUT2D eigenvalue weighted by Gasteiger charge is -2.41. The van der Waals surface area contributed by atoms with Gasteiger partial charge in [0.15, 0.2) is 0 Å². The molecule has 0 heterocycles. The van der Waals surface area contributed by atoms with Crippen LogP contribution < -0.4 is 11.1 Å². The number of aliphatic hydroxyl groups is 1. The second-order valence-electron chi connectivity index (χ2n) is 9.45. The number of carbonyl (C=O) groups excluding carboxylic acids is 1. The lowest BCUT2D eigenvalue weighted by Crippen LogP contribution is -2.58. The van der Waals surface area contributed by atoms with Gasteiger partial charge in [0.1, 0.15) is 12.2 Å². The largest absolute Gasteiger partial charge is 0.443 e. The van der Waals surface area contributed by atoms with Crippen LogP contribution in [0.2, 0.25) is 0 Å². The third-order valence-electron chi connectivity index (χ3n) is 6.33. The maximum atomic E-state index is 11.5. The van der Waals surface area contributed by atoms with Crippen LogP contribution in [-0.2, 0) is 11.2 Å². The summed E-state index contributed by atoms with van der Waals surface area (Å²) in [5.74, 6) is 1.53. The van der Waals surface area contributed by atoms with E-state index in [0.29, 0.717) is 18.4 Å². The average molecular weight is 375 g/mol. The van der Waals surface area contributed by atoms with Crippen molar-refractivity contribution in [1.29, 1.82) is 0 Å². The minimum Gasteiger partial charge on any atom is -0.443 e. The average Bonchev–Trinajstić information content (AvgIpc) is 3.21. The van der Waals surface area contributed by atoms with Crippen LogP contribution in [0, 0.1) is 17.3 Å². The Hall–Kier alpha value is -1.59. The number of hydrogen-bond donors (Lipinski definition) is 3. The van der Waals surface area contributed by atoms with Gasteiger partial charge in [0.2, 0.25) is 0 Å². The van der Waals surface area contributed by atoms with E-state index in [4.69, 9.17) is 10.5 Å². The number of nitrogens with one attached hydrogen (secondary N) is 1. The number of aliphatic hydroxyl groups excluding tert-OH is 1. The summed E-state index contributed by atoms with van der Waals surface area (Å²) in [6.45, 7) is 6.35. The van der Waals surface area contributed by atoms with Crippen molar-refractivity contribution in [2.24, 2.45) is 23.0 Å². The van der Waals surface area contributed by atoms with Crippen LogP contribution in [0.1, 0.15) is 52.0 Å². The Balaban J connectivity index is 1.76. The molecular weight excluding hydrogens is 340 g/mol. The molecule has 2 fully saturated rings. The van der Waals surface area contributed by atoms with E-state index in [9.17, 15) is 9.90 Å². The van der Waals surface area contributed by atoms with E-state index >= 15 is 0 Å². The topological polar surface area (TPSA) is 84.6 Å². The summed E-state index contributed by atoms with van der Waals surface area (Å²) >= 11 is 0. The maximum absolute atomic E-state index is 11.5. The Morgan fingerprint density at radius 1 is 1.26 bits per heavy atom. The van der Waals surface area contributed by atoms with Crippen LogP contribution in [-0.4, -0.2) is 35.5 Å². The fourth-order valence-electron chi connectivity index (χ4n) is 4.98. The Bertz CT molecular complexity index is 628. The Kier molecular flexibility index (Phi) is 6.11. The molecule has 1 amide bonds. The van der Waals surface area contributed by atoms with Crippen LogP contribution in [0.4, 0.5) is 4.79 Å². The van der Waals surface area contributed by atoms with E-state index in [1.54, 1.807) is 0 Å². The van der Waals surface area contributed by atoms with Crippen molar-refractivity contribution >= 4 is 6.09 Å². The molecule has 0 spiro atoms. The smallest absolute Gasteiger partial charge is 0.404 e. The minimum atomic E-state index is -0.845. The molecule has 3 unspecified atom stereocenters. The lowest BCUT2D eigenvalue weighted by molar-refractivity contribution is -0.0395. The molecular formula is C22H34N2O3. The molecule has 1 aromatic rings. The van der Waals surface area contributed by atoms with Gasteiger partial charge >= 0.3 is 6.09 Å². The summed E-state index contributed by atoms with van der Waals surface area (Å²) < 4.78 is 5.37. The van der Waals surface area contributed by atoms with Crippen molar-refractivity contribution in [1.82, 2.24) is 5.32 Å². The van der Waals surface area contributed by atoms with Crippen molar-refractivity contribution in [3.05, 3.63) is 35.9 Å². The molecule has 5 nitrogen and oxygen atoms in total. The molecule has 2 saturated carbocycles. The van der Waals surface area contributed by atoms with Crippen molar-refractivity contribution < 1.29 is 14.6 Å². The second kappa shape index (κ2) is 8.19. The number of primary amides is 1. The van der Waals surface area contributed by atoms with Gasteiger partial charge in [0.25, 0.3) is 0 Å². The third kappa shape index (κ3) is 5.02. The summed E-state index contributed by atoms with van der Waals surface area (Å²) in [5.41, 5.74) is 6.14. The van der Waals surface area contributed by atoms with Gasteiger partial charge in [0.05, 0.1) is 0 Å². The highest BCUT2D eigenvalue weighted by atomic mass is 16.6. The van der Waals surface area contributed by atoms with Gasteiger partial charge in [-0.1, -0.05) is 57.5 Å². The summed E-state index contributed by atoms with van der Waals surface area (Å²) in [7, 11) is 0. The van der Waals surface area contributed by atoms with Crippen LogP contribution in [0.3, 0.4) is 0 Å². The number of ether oxygens (including phenoxy) is 1. The number of nitrogens with two attached hydrogens (primary N) is 1. The Morgan fingerprint density at radius 2 is 1.96 bits per heavy atom. The number of carbonyl (C=O) groups is 1. The first-order valence-electron chi connectivity index (χ1n) is 10.2. The molecule has 0 aromatic heterocycles. The van der Waals surface area contributed by atoms with Crippen molar-refractivity contribution in [3.63, 3.8) is 0 Å². The third-order valence-corrected chi connectivity index (χ3v) is 6.33.